The summed E-state index contributed by atoms with van der Waals surface area (Å²) in [4.78, 5) is 4.60. The zero-order chi connectivity index (χ0) is 16.5. The fraction of sp³-hybridized carbons (Fsp3) is 0.100. The lowest BCUT2D eigenvalue weighted by atomic mass is 10.0. The van der Waals surface area contributed by atoms with Crippen LogP contribution in [0, 0.1) is 0 Å². The molecule has 118 valence electrons. The van der Waals surface area contributed by atoms with E-state index in [-0.39, 0.29) is 0 Å². The van der Waals surface area contributed by atoms with E-state index in [0.717, 1.165) is 45.2 Å². The van der Waals surface area contributed by atoms with E-state index in [1.54, 1.807) is 0 Å². The summed E-state index contributed by atoms with van der Waals surface area (Å²) in [5.41, 5.74) is 6.25. The van der Waals surface area contributed by atoms with Crippen molar-refractivity contribution in [3.63, 3.8) is 0 Å². The van der Waals surface area contributed by atoms with E-state index in [2.05, 4.69) is 24.0 Å². The molecule has 3 nitrogen and oxygen atoms in total. The summed E-state index contributed by atoms with van der Waals surface area (Å²) in [7, 11) is 0. The molecule has 0 aliphatic rings. The maximum atomic E-state index is 6.01. The van der Waals surface area contributed by atoms with E-state index in [1.165, 1.54) is 0 Å². The number of hydrogen-bond donors (Lipinski definition) is 0. The molecule has 2 aromatic carbocycles. The van der Waals surface area contributed by atoms with Gasteiger partial charge in [-0.25, -0.2) is 9.50 Å². The Bertz CT molecular complexity index is 989. The van der Waals surface area contributed by atoms with E-state index < -0.39 is 0 Å². The molecule has 0 amide bonds. The highest BCUT2D eigenvalue weighted by atomic mass is 35.5. The Morgan fingerprint density at radius 3 is 2.38 bits per heavy atom. The maximum Gasteiger partial charge on any atom is 0.163 e. The third-order valence-corrected chi connectivity index (χ3v) is 4.38. The monoisotopic (exact) mass is 333 g/mol. The Balaban J connectivity index is 1.99. The van der Waals surface area contributed by atoms with Gasteiger partial charge >= 0.3 is 0 Å². The molecular weight excluding hydrogens is 318 g/mol. The molecule has 0 radical (unpaired) electrons. The largest absolute Gasteiger partial charge is 0.236 e. The van der Waals surface area contributed by atoms with Crippen LogP contribution < -0.4 is 0 Å². The first kappa shape index (κ1) is 14.9. The van der Waals surface area contributed by atoms with Crippen LogP contribution in [0.4, 0.5) is 0 Å². The van der Waals surface area contributed by atoms with Gasteiger partial charge in [-0.2, -0.15) is 5.10 Å². The quantitative estimate of drug-likeness (QED) is 0.510. The second kappa shape index (κ2) is 6.10. The van der Waals surface area contributed by atoms with Gasteiger partial charge in [-0.05, 0) is 30.2 Å². The molecule has 0 bridgehead atoms. The van der Waals surface area contributed by atoms with Crippen molar-refractivity contribution in [2.24, 2.45) is 0 Å². The molecular formula is C20H16ClN3. The summed E-state index contributed by atoms with van der Waals surface area (Å²) in [5.74, 6) is 0. The summed E-state index contributed by atoms with van der Waals surface area (Å²) in [6, 6.07) is 20.1. The third-order valence-electron chi connectivity index (χ3n) is 4.13. The molecule has 0 aliphatic carbocycles. The second-order valence-electron chi connectivity index (χ2n) is 5.61. The lowest BCUT2D eigenvalue weighted by Crippen LogP contribution is -1.96. The lowest BCUT2D eigenvalue weighted by molar-refractivity contribution is 0.894. The zero-order valence-electron chi connectivity index (χ0n) is 13.3. The van der Waals surface area contributed by atoms with Crippen molar-refractivity contribution >= 4 is 17.2 Å². The standard InChI is InChI=1S/C20H16ClN3/c1-2-17-19(15-6-4-3-5-7-15)20-22-13-12-18(24(20)23-17)14-8-10-16(21)11-9-14/h3-13H,2H2,1H3. The van der Waals surface area contributed by atoms with Crippen molar-refractivity contribution in [3.8, 4) is 22.4 Å². The molecule has 0 aliphatic heterocycles. The molecule has 4 rings (SSSR count). The van der Waals surface area contributed by atoms with Gasteiger partial charge in [0.25, 0.3) is 0 Å². The smallest absolute Gasteiger partial charge is 0.163 e. The highest BCUT2D eigenvalue weighted by Gasteiger charge is 2.16. The van der Waals surface area contributed by atoms with Crippen LogP contribution >= 0.6 is 11.6 Å². The van der Waals surface area contributed by atoms with Gasteiger partial charge in [0, 0.05) is 22.3 Å². The number of nitrogens with zero attached hydrogens (tertiary/aromatic N) is 3. The summed E-state index contributed by atoms with van der Waals surface area (Å²) in [6.45, 7) is 2.12. The first-order valence-electron chi connectivity index (χ1n) is 7.96. The molecule has 4 aromatic rings. The fourth-order valence-electron chi connectivity index (χ4n) is 2.98. The number of rotatable bonds is 3. The first-order chi connectivity index (χ1) is 11.8. The molecule has 0 unspecified atom stereocenters. The Hall–Kier alpha value is -2.65. The molecule has 0 atom stereocenters. The fourth-order valence-corrected chi connectivity index (χ4v) is 3.10. The number of benzene rings is 2. The van der Waals surface area contributed by atoms with Crippen molar-refractivity contribution in [3.05, 3.63) is 77.6 Å². The predicted molar refractivity (Wildman–Crippen MR) is 98.2 cm³/mol. The number of halogens is 1. The van der Waals surface area contributed by atoms with Gasteiger partial charge in [-0.1, -0.05) is 61.0 Å². The highest BCUT2D eigenvalue weighted by Crippen LogP contribution is 2.30. The van der Waals surface area contributed by atoms with Crippen molar-refractivity contribution in [1.82, 2.24) is 14.6 Å². The van der Waals surface area contributed by atoms with Gasteiger partial charge in [0.2, 0.25) is 0 Å². The van der Waals surface area contributed by atoms with E-state index in [0.29, 0.717) is 0 Å². The van der Waals surface area contributed by atoms with E-state index in [9.17, 15) is 0 Å². The molecule has 0 saturated heterocycles. The maximum absolute atomic E-state index is 6.01. The molecule has 2 aromatic heterocycles. The molecule has 0 saturated carbocycles. The second-order valence-corrected chi connectivity index (χ2v) is 6.05. The molecule has 24 heavy (non-hydrogen) atoms. The zero-order valence-corrected chi connectivity index (χ0v) is 14.0. The lowest BCUT2D eigenvalue weighted by Gasteiger charge is -2.05. The Kier molecular flexibility index (Phi) is 3.79. The minimum atomic E-state index is 0.726. The third kappa shape index (κ3) is 2.47. The van der Waals surface area contributed by atoms with Crippen LogP contribution in [-0.2, 0) is 6.42 Å². The average molecular weight is 334 g/mol. The number of aryl methyl sites for hydroxylation is 1. The topological polar surface area (TPSA) is 30.2 Å². The van der Waals surface area contributed by atoms with Crippen LogP contribution in [0.25, 0.3) is 28.0 Å². The molecule has 4 heteroatoms. The normalized spacial score (nSPS) is 11.1. The van der Waals surface area contributed by atoms with Crippen LogP contribution in [0.2, 0.25) is 5.02 Å². The van der Waals surface area contributed by atoms with Gasteiger partial charge in [-0.3, -0.25) is 0 Å². The minimum absolute atomic E-state index is 0.726. The Morgan fingerprint density at radius 1 is 0.917 bits per heavy atom. The highest BCUT2D eigenvalue weighted by molar-refractivity contribution is 6.30. The van der Waals surface area contributed by atoms with Gasteiger partial charge < -0.3 is 0 Å². The molecule has 0 spiro atoms. The van der Waals surface area contributed by atoms with Crippen molar-refractivity contribution in [2.75, 3.05) is 0 Å². The van der Waals surface area contributed by atoms with Crippen molar-refractivity contribution < 1.29 is 0 Å². The van der Waals surface area contributed by atoms with Gasteiger partial charge in [0.15, 0.2) is 5.65 Å². The van der Waals surface area contributed by atoms with E-state index in [4.69, 9.17) is 16.7 Å². The van der Waals surface area contributed by atoms with Gasteiger partial charge in [0.05, 0.1) is 11.4 Å². The van der Waals surface area contributed by atoms with Crippen molar-refractivity contribution in [2.45, 2.75) is 13.3 Å². The summed E-state index contributed by atoms with van der Waals surface area (Å²) >= 11 is 6.01. The number of aromatic nitrogens is 3. The van der Waals surface area contributed by atoms with Crippen LogP contribution in [0.15, 0.2) is 66.9 Å². The number of fused-ring (bicyclic) bond motifs is 1. The SMILES string of the molecule is CCc1nn2c(-c3ccc(Cl)cc3)ccnc2c1-c1ccccc1. The van der Waals surface area contributed by atoms with E-state index in [1.807, 2.05) is 59.2 Å². The number of hydrogen-bond acceptors (Lipinski definition) is 2. The molecule has 0 fully saturated rings. The van der Waals surface area contributed by atoms with Crippen LogP contribution in [0.5, 0.6) is 0 Å². The van der Waals surface area contributed by atoms with Crippen LogP contribution in [0.3, 0.4) is 0 Å². The van der Waals surface area contributed by atoms with E-state index >= 15 is 0 Å². The summed E-state index contributed by atoms with van der Waals surface area (Å²) in [6.07, 6.45) is 2.69. The Morgan fingerprint density at radius 2 is 1.67 bits per heavy atom. The van der Waals surface area contributed by atoms with Crippen LogP contribution in [-0.4, -0.2) is 14.6 Å². The van der Waals surface area contributed by atoms with Crippen LogP contribution in [0.1, 0.15) is 12.6 Å². The summed E-state index contributed by atoms with van der Waals surface area (Å²) in [5, 5.41) is 5.55. The molecule has 2 heterocycles. The average Bonchev–Trinajstić information content (AvgIpc) is 3.02. The Labute approximate surface area is 145 Å². The van der Waals surface area contributed by atoms with Gasteiger partial charge in [0.1, 0.15) is 0 Å². The molecule has 0 N–H and O–H groups in total. The van der Waals surface area contributed by atoms with Gasteiger partial charge in [-0.15, -0.1) is 0 Å². The minimum Gasteiger partial charge on any atom is -0.236 e. The predicted octanol–water partition coefficient (Wildman–Crippen LogP) is 5.28. The van der Waals surface area contributed by atoms with Crippen molar-refractivity contribution in [1.29, 1.82) is 0 Å². The summed E-state index contributed by atoms with van der Waals surface area (Å²) < 4.78 is 1.93. The first-order valence-corrected chi connectivity index (χ1v) is 8.33.